The Labute approximate surface area is 118 Å². The van der Waals surface area contributed by atoms with Gasteiger partial charge in [-0.25, -0.2) is 0 Å². The number of halogens is 1. The minimum absolute atomic E-state index is 0.315. The second-order valence-corrected chi connectivity index (χ2v) is 4.81. The molecule has 1 atom stereocenters. The molecule has 2 N–H and O–H groups in total. The molecule has 0 saturated heterocycles. The summed E-state index contributed by atoms with van der Waals surface area (Å²) in [6.45, 7) is 4.74. The van der Waals surface area contributed by atoms with Crippen LogP contribution in [0.4, 0.5) is 0 Å². The molecule has 2 rings (SSSR count). The topological polar surface area (TPSA) is 53.1 Å². The van der Waals surface area contributed by atoms with Crippen LogP contribution < -0.4 is 10.5 Å². The number of nitrogens with zero attached hydrogens (tertiary/aromatic N) is 2. The Kier molecular flexibility index (Phi) is 4.12. The molecule has 0 aliphatic heterocycles. The Bertz CT molecular complexity index is 580. The number of benzene rings is 1. The maximum Gasteiger partial charge on any atom is 0.122 e. The van der Waals surface area contributed by atoms with Crippen LogP contribution in [0.5, 0.6) is 5.75 Å². The fourth-order valence-electron chi connectivity index (χ4n) is 2.12. The molecule has 1 aromatic heterocycles. The van der Waals surface area contributed by atoms with Crippen LogP contribution in [0.15, 0.2) is 24.4 Å². The van der Waals surface area contributed by atoms with Gasteiger partial charge in [0.1, 0.15) is 5.75 Å². The largest absolute Gasteiger partial charge is 0.496 e. The Morgan fingerprint density at radius 1 is 1.47 bits per heavy atom. The van der Waals surface area contributed by atoms with E-state index < -0.39 is 0 Å². The van der Waals surface area contributed by atoms with Crippen molar-refractivity contribution in [2.45, 2.75) is 26.4 Å². The average molecular weight is 280 g/mol. The fourth-order valence-corrected chi connectivity index (χ4v) is 2.38. The molecular formula is C14H18ClN3O. The number of hydrogen-bond donors (Lipinski definition) is 1. The summed E-state index contributed by atoms with van der Waals surface area (Å²) in [6, 6.07) is 5.62. The number of ether oxygens (including phenoxy) is 1. The molecule has 1 aromatic carbocycles. The van der Waals surface area contributed by atoms with E-state index in [9.17, 15) is 0 Å². The summed E-state index contributed by atoms with van der Waals surface area (Å²) in [7, 11) is 1.65. The summed E-state index contributed by atoms with van der Waals surface area (Å²) in [5.74, 6) is 0.826. The van der Waals surface area contributed by atoms with E-state index in [1.807, 2.05) is 36.7 Å². The number of hydrogen-bond acceptors (Lipinski definition) is 3. The van der Waals surface area contributed by atoms with Crippen molar-refractivity contribution in [1.29, 1.82) is 0 Å². The van der Waals surface area contributed by atoms with Crippen molar-refractivity contribution in [3.63, 3.8) is 0 Å². The zero-order valence-electron chi connectivity index (χ0n) is 11.4. The van der Waals surface area contributed by atoms with E-state index in [2.05, 4.69) is 5.10 Å². The molecule has 0 aliphatic carbocycles. The molecule has 19 heavy (non-hydrogen) atoms. The first-order valence-corrected chi connectivity index (χ1v) is 6.57. The van der Waals surface area contributed by atoms with Crippen LogP contribution >= 0.6 is 11.6 Å². The van der Waals surface area contributed by atoms with Crippen molar-refractivity contribution in [1.82, 2.24) is 9.78 Å². The van der Waals surface area contributed by atoms with E-state index in [4.69, 9.17) is 22.1 Å². The van der Waals surface area contributed by atoms with E-state index in [-0.39, 0.29) is 6.04 Å². The van der Waals surface area contributed by atoms with Crippen LogP contribution in [0, 0.1) is 6.92 Å². The highest BCUT2D eigenvalue weighted by Gasteiger charge is 2.18. The lowest BCUT2D eigenvalue weighted by Crippen LogP contribution is -2.17. The number of aromatic nitrogens is 2. The van der Waals surface area contributed by atoms with Gasteiger partial charge in [-0.1, -0.05) is 23.7 Å². The maximum absolute atomic E-state index is 6.31. The van der Waals surface area contributed by atoms with Gasteiger partial charge in [0.25, 0.3) is 0 Å². The lowest BCUT2D eigenvalue weighted by molar-refractivity contribution is 0.411. The van der Waals surface area contributed by atoms with E-state index in [1.54, 1.807) is 13.3 Å². The summed E-state index contributed by atoms with van der Waals surface area (Å²) in [6.07, 6.45) is 1.63. The smallest absolute Gasteiger partial charge is 0.122 e. The highest BCUT2D eigenvalue weighted by Crippen LogP contribution is 2.29. The van der Waals surface area contributed by atoms with Crippen LogP contribution in [0.25, 0.3) is 0 Å². The van der Waals surface area contributed by atoms with Gasteiger partial charge in [-0.15, -0.1) is 0 Å². The molecule has 2 aromatic rings. The Hall–Kier alpha value is -1.52. The van der Waals surface area contributed by atoms with E-state index in [1.165, 1.54) is 0 Å². The minimum Gasteiger partial charge on any atom is -0.496 e. The third-order valence-electron chi connectivity index (χ3n) is 3.22. The summed E-state index contributed by atoms with van der Waals surface area (Å²) < 4.78 is 7.15. The van der Waals surface area contributed by atoms with E-state index in [0.29, 0.717) is 5.02 Å². The zero-order valence-corrected chi connectivity index (χ0v) is 12.1. The van der Waals surface area contributed by atoms with Gasteiger partial charge in [0.2, 0.25) is 0 Å². The average Bonchev–Trinajstić information content (AvgIpc) is 2.79. The highest BCUT2D eigenvalue weighted by atomic mass is 35.5. The van der Waals surface area contributed by atoms with Gasteiger partial charge in [-0.3, -0.25) is 4.68 Å². The first-order valence-electron chi connectivity index (χ1n) is 6.19. The summed E-state index contributed by atoms with van der Waals surface area (Å²) in [5, 5.41) is 4.81. The molecule has 4 nitrogen and oxygen atoms in total. The van der Waals surface area contributed by atoms with Gasteiger partial charge in [0.15, 0.2) is 0 Å². The van der Waals surface area contributed by atoms with Crippen molar-refractivity contribution in [2.75, 3.05) is 7.11 Å². The molecule has 1 heterocycles. The SMILES string of the molecule is CCn1ncc(Cl)c1C(N)c1ccc(C)c(OC)c1. The maximum atomic E-state index is 6.31. The summed E-state index contributed by atoms with van der Waals surface area (Å²) in [5.41, 5.74) is 9.17. The summed E-state index contributed by atoms with van der Waals surface area (Å²) in [4.78, 5) is 0. The second-order valence-electron chi connectivity index (χ2n) is 4.40. The van der Waals surface area contributed by atoms with Gasteiger partial charge >= 0.3 is 0 Å². The predicted octanol–water partition coefficient (Wildman–Crippen LogP) is 2.92. The molecule has 0 amide bonds. The molecule has 0 aliphatic rings. The van der Waals surface area contributed by atoms with Gasteiger partial charge in [0.05, 0.1) is 30.1 Å². The van der Waals surface area contributed by atoms with Gasteiger partial charge in [-0.05, 0) is 31.0 Å². The number of nitrogens with two attached hydrogens (primary N) is 1. The Balaban J connectivity index is 2.43. The van der Waals surface area contributed by atoms with Crippen molar-refractivity contribution in [2.24, 2.45) is 5.73 Å². The monoisotopic (exact) mass is 279 g/mol. The lowest BCUT2D eigenvalue weighted by atomic mass is 10.0. The zero-order chi connectivity index (χ0) is 14.0. The third kappa shape index (κ3) is 2.60. The molecule has 0 bridgehead atoms. The summed E-state index contributed by atoms with van der Waals surface area (Å²) >= 11 is 6.18. The van der Waals surface area contributed by atoms with Crippen LogP contribution in [0.3, 0.4) is 0 Å². The van der Waals surface area contributed by atoms with Crippen molar-refractivity contribution in [3.05, 3.63) is 46.2 Å². The molecule has 5 heteroatoms. The lowest BCUT2D eigenvalue weighted by Gasteiger charge is -2.16. The number of rotatable bonds is 4. The first kappa shape index (κ1) is 13.9. The quantitative estimate of drug-likeness (QED) is 0.936. The molecule has 0 fully saturated rings. The molecule has 0 radical (unpaired) electrons. The number of aryl methyl sites for hydroxylation is 2. The van der Waals surface area contributed by atoms with Crippen molar-refractivity contribution >= 4 is 11.6 Å². The van der Waals surface area contributed by atoms with Crippen LogP contribution in [-0.2, 0) is 6.54 Å². The fraction of sp³-hybridized carbons (Fsp3) is 0.357. The predicted molar refractivity (Wildman–Crippen MR) is 76.7 cm³/mol. The highest BCUT2D eigenvalue weighted by molar-refractivity contribution is 6.31. The molecule has 0 spiro atoms. The van der Waals surface area contributed by atoms with E-state index in [0.717, 1.165) is 29.1 Å². The van der Waals surface area contributed by atoms with E-state index >= 15 is 0 Å². The molecule has 102 valence electrons. The van der Waals surface area contributed by atoms with Crippen LogP contribution in [0.1, 0.15) is 29.8 Å². The molecule has 0 saturated carbocycles. The Morgan fingerprint density at radius 2 is 2.21 bits per heavy atom. The third-order valence-corrected chi connectivity index (χ3v) is 3.51. The number of methoxy groups -OCH3 is 1. The second kappa shape index (κ2) is 5.63. The Morgan fingerprint density at radius 3 is 2.84 bits per heavy atom. The van der Waals surface area contributed by atoms with Crippen molar-refractivity contribution < 1.29 is 4.74 Å². The van der Waals surface area contributed by atoms with Gasteiger partial charge in [0, 0.05) is 6.54 Å². The van der Waals surface area contributed by atoms with Gasteiger partial charge < -0.3 is 10.5 Å². The molecular weight excluding hydrogens is 262 g/mol. The van der Waals surface area contributed by atoms with Crippen LogP contribution in [0.2, 0.25) is 5.02 Å². The standard InChI is InChI=1S/C14H18ClN3O/c1-4-18-14(11(15)8-17-18)13(16)10-6-5-9(2)12(7-10)19-3/h5-8,13H,4,16H2,1-3H3. The minimum atomic E-state index is -0.315. The molecule has 1 unspecified atom stereocenters. The van der Waals surface area contributed by atoms with Crippen molar-refractivity contribution in [3.8, 4) is 5.75 Å². The van der Waals surface area contributed by atoms with Crippen LogP contribution in [-0.4, -0.2) is 16.9 Å². The normalized spacial score (nSPS) is 12.5. The van der Waals surface area contributed by atoms with Gasteiger partial charge in [-0.2, -0.15) is 5.10 Å². The first-order chi connectivity index (χ1) is 9.08.